The number of rotatable bonds is 9. The molecule has 2 aromatic heterocycles. The Labute approximate surface area is 190 Å². The van der Waals surface area contributed by atoms with Gasteiger partial charge in [0.05, 0.1) is 6.20 Å². The number of carbonyl (C=O) groups excluding carboxylic acids is 1. The van der Waals surface area contributed by atoms with Gasteiger partial charge in [0.2, 0.25) is 5.91 Å². The molecule has 2 heterocycles. The van der Waals surface area contributed by atoms with E-state index >= 15 is 0 Å². The average molecular weight is 453 g/mol. The highest BCUT2D eigenvalue weighted by Gasteiger charge is 2.17. The van der Waals surface area contributed by atoms with Crippen LogP contribution >= 0.6 is 11.6 Å². The van der Waals surface area contributed by atoms with E-state index < -0.39 is 0 Å². The number of benzene rings is 2. The first-order chi connectivity index (χ1) is 15.6. The second kappa shape index (κ2) is 9.97. The first-order valence-electron chi connectivity index (χ1n) is 10.6. The lowest BCUT2D eigenvalue weighted by molar-refractivity contribution is -0.121. The molecule has 32 heavy (non-hydrogen) atoms. The van der Waals surface area contributed by atoms with Gasteiger partial charge < -0.3 is 14.6 Å². The number of nitrogens with one attached hydrogen (secondary N) is 1. The van der Waals surface area contributed by atoms with E-state index in [0.29, 0.717) is 36.8 Å². The number of ether oxygens (including phenoxy) is 1. The third kappa shape index (κ3) is 4.69. The zero-order valence-electron chi connectivity index (χ0n) is 17.9. The lowest BCUT2D eigenvalue weighted by Crippen LogP contribution is -2.34. The van der Waals surface area contributed by atoms with Crippen LogP contribution in [0.15, 0.2) is 59.5 Å². The van der Waals surface area contributed by atoms with E-state index in [4.69, 9.17) is 16.3 Å². The van der Waals surface area contributed by atoms with E-state index in [1.807, 2.05) is 60.0 Å². The molecule has 4 aromatic rings. The van der Waals surface area contributed by atoms with Crippen molar-refractivity contribution >= 4 is 39.3 Å². The molecule has 0 spiro atoms. The number of hydrogen-bond donors (Lipinski definition) is 1. The van der Waals surface area contributed by atoms with Crippen molar-refractivity contribution in [3.63, 3.8) is 0 Å². The van der Waals surface area contributed by atoms with Crippen LogP contribution in [0.3, 0.4) is 0 Å². The van der Waals surface area contributed by atoms with Gasteiger partial charge in [0, 0.05) is 47.6 Å². The summed E-state index contributed by atoms with van der Waals surface area (Å²) in [5.74, 6) is -0.257. The van der Waals surface area contributed by atoms with Crippen molar-refractivity contribution in [2.45, 2.75) is 26.4 Å². The maximum Gasteiger partial charge on any atom is 0.291 e. The predicted molar refractivity (Wildman–Crippen MR) is 126 cm³/mol. The molecule has 0 unspecified atom stereocenters. The maximum absolute atomic E-state index is 13.4. The number of fused-ring (bicyclic) bond motifs is 3. The van der Waals surface area contributed by atoms with E-state index in [1.54, 1.807) is 6.20 Å². The number of nitrogens with zero attached hydrogens (tertiary/aromatic N) is 3. The molecule has 0 saturated heterocycles. The van der Waals surface area contributed by atoms with Gasteiger partial charge in [-0.25, -0.2) is 4.68 Å². The molecule has 0 saturated carbocycles. The lowest BCUT2D eigenvalue weighted by Gasteiger charge is -2.10. The molecule has 1 N–H and O–H groups in total. The molecule has 0 aliphatic rings. The fraction of sp³-hybridized carbons (Fsp3) is 0.292. The Morgan fingerprint density at radius 1 is 1.16 bits per heavy atom. The molecule has 1 amide bonds. The third-order valence-corrected chi connectivity index (χ3v) is 5.52. The first-order valence-corrected chi connectivity index (χ1v) is 11.0. The Morgan fingerprint density at radius 2 is 2.00 bits per heavy atom. The van der Waals surface area contributed by atoms with E-state index in [1.165, 1.54) is 4.68 Å². The first kappa shape index (κ1) is 22.0. The summed E-state index contributed by atoms with van der Waals surface area (Å²) in [5, 5.41) is 9.44. The summed E-state index contributed by atoms with van der Waals surface area (Å²) in [4.78, 5) is 25.7. The minimum absolute atomic E-state index is 0.137. The van der Waals surface area contributed by atoms with Gasteiger partial charge >= 0.3 is 0 Å². The Balaban J connectivity index is 1.67. The number of hydrogen-bond acceptors (Lipinski definition) is 4. The molecule has 0 fully saturated rings. The van der Waals surface area contributed by atoms with Crippen LogP contribution in [-0.2, 0) is 22.6 Å². The summed E-state index contributed by atoms with van der Waals surface area (Å²) in [6.45, 7) is 4.00. The van der Waals surface area contributed by atoms with Gasteiger partial charge in [0.1, 0.15) is 12.1 Å². The summed E-state index contributed by atoms with van der Waals surface area (Å²) in [7, 11) is 0. The molecule has 4 rings (SSSR count). The van der Waals surface area contributed by atoms with Crippen LogP contribution in [-0.4, -0.2) is 40.0 Å². The Kier molecular flexibility index (Phi) is 6.87. The molecule has 166 valence electrons. The zero-order chi connectivity index (χ0) is 22.5. The van der Waals surface area contributed by atoms with E-state index in [9.17, 15) is 9.59 Å². The van der Waals surface area contributed by atoms with Crippen molar-refractivity contribution in [1.29, 1.82) is 0 Å². The number of amides is 1. The van der Waals surface area contributed by atoms with Gasteiger partial charge in [0.25, 0.3) is 5.56 Å². The second-order valence-corrected chi connectivity index (χ2v) is 7.94. The van der Waals surface area contributed by atoms with Crippen molar-refractivity contribution in [2.75, 3.05) is 19.8 Å². The molecule has 0 aliphatic carbocycles. The van der Waals surface area contributed by atoms with Crippen LogP contribution in [0.4, 0.5) is 0 Å². The van der Waals surface area contributed by atoms with E-state index in [0.717, 1.165) is 28.3 Å². The van der Waals surface area contributed by atoms with Gasteiger partial charge in [-0.1, -0.05) is 41.9 Å². The minimum atomic E-state index is -0.301. The molecule has 0 radical (unpaired) electrons. The van der Waals surface area contributed by atoms with Crippen molar-refractivity contribution in [1.82, 2.24) is 19.7 Å². The van der Waals surface area contributed by atoms with Crippen LogP contribution in [0.1, 0.15) is 18.9 Å². The van der Waals surface area contributed by atoms with Crippen LogP contribution in [0.2, 0.25) is 5.02 Å². The topological polar surface area (TPSA) is 78.2 Å². The summed E-state index contributed by atoms with van der Waals surface area (Å²) >= 11 is 6.17. The maximum atomic E-state index is 13.4. The highest BCUT2D eigenvalue weighted by atomic mass is 35.5. The highest BCUT2D eigenvalue weighted by Crippen LogP contribution is 2.27. The molecule has 8 heteroatoms. The SMILES string of the molecule is CCOCCCNC(=O)Cn1ncc2c3ccccc3n(Cc3cccc(Cl)c3)c2c1=O. The minimum Gasteiger partial charge on any atom is -0.382 e. The predicted octanol–water partition coefficient (Wildman–Crippen LogP) is 3.60. The largest absolute Gasteiger partial charge is 0.382 e. The van der Waals surface area contributed by atoms with Crippen molar-refractivity contribution in [3.05, 3.63) is 75.7 Å². The van der Waals surface area contributed by atoms with Crippen molar-refractivity contribution < 1.29 is 9.53 Å². The highest BCUT2D eigenvalue weighted by molar-refractivity contribution is 6.30. The number of aromatic nitrogens is 3. The summed E-state index contributed by atoms with van der Waals surface area (Å²) in [6, 6.07) is 15.4. The normalized spacial score (nSPS) is 11.3. The molecular weight excluding hydrogens is 428 g/mol. The van der Waals surface area contributed by atoms with Crippen LogP contribution in [0, 0.1) is 0 Å². The molecule has 0 bridgehead atoms. The number of carbonyl (C=O) groups is 1. The van der Waals surface area contributed by atoms with Gasteiger partial charge in [-0.05, 0) is 37.1 Å². The number of halogens is 1. The Bertz CT molecular complexity index is 1310. The summed E-state index contributed by atoms with van der Waals surface area (Å²) in [6.07, 6.45) is 2.38. The molecule has 0 aliphatic heterocycles. The van der Waals surface area contributed by atoms with Crippen LogP contribution in [0.5, 0.6) is 0 Å². The molecule has 0 atom stereocenters. The van der Waals surface area contributed by atoms with Crippen LogP contribution < -0.4 is 10.9 Å². The molecule has 2 aromatic carbocycles. The van der Waals surface area contributed by atoms with Gasteiger partial charge in [0.15, 0.2) is 0 Å². The fourth-order valence-electron chi connectivity index (χ4n) is 3.83. The average Bonchev–Trinajstić information content (AvgIpc) is 3.10. The fourth-order valence-corrected chi connectivity index (χ4v) is 4.04. The monoisotopic (exact) mass is 452 g/mol. The van der Waals surface area contributed by atoms with E-state index in [2.05, 4.69) is 10.4 Å². The van der Waals surface area contributed by atoms with E-state index in [-0.39, 0.29) is 18.0 Å². The second-order valence-electron chi connectivity index (χ2n) is 7.50. The molecule has 7 nitrogen and oxygen atoms in total. The van der Waals surface area contributed by atoms with Crippen LogP contribution in [0.25, 0.3) is 21.8 Å². The van der Waals surface area contributed by atoms with Gasteiger partial charge in [-0.3, -0.25) is 9.59 Å². The molecular formula is C24H25ClN4O3. The quantitative estimate of drug-likeness (QED) is 0.393. The Morgan fingerprint density at radius 3 is 2.81 bits per heavy atom. The summed E-state index contributed by atoms with van der Waals surface area (Å²) in [5.41, 5.74) is 2.13. The zero-order valence-corrected chi connectivity index (χ0v) is 18.6. The Hall–Kier alpha value is -3.16. The standard InChI is InChI=1S/C24H25ClN4O3/c1-2-32-12-6-11-26-22(30)16-29-24(31)23-20(14-27-29)19-9-3-4-10-21(19)28(23)15-17-7-5-8-18(25)13-17/h3-5,7-10,13-14H,2,6,11-12,15-16H2,1H3,(H,26,30). The van der Waals surface area contributed by atoms with Gasteiger partial charge in [-0.2, -0.15) is 5.10 Å². The smallest absolute Gasteiger partial charge is 0.291 e. The number of para-hydroxylation sites is 1. The van der Waals surface area contributed by atoms with Crippen molar-refractivity contribution in [2.24, 2.45) is 0 Å². The van der Waals surface area contributed by atoms with Gasteiger partial charge in [-0.15, -0.1) is 0 Å². The summed E-state index contributed by atoms with van der Waals surface area (Å²) < 4.78 is 8.45. The lowest BCUT2D eigenvalue weighted by atomic mass is 10.2. The van der Waals surface area contributed by atoms with Crippen molar-refractivity contribution in [3.8, 4) is 0 Å². The third-order valence-electron chi connectivity index (χ3n) is 5.29.